The van der Waals surface area contributed by atoms with E-state index in [1.165, 1.54) is 34.8 Å². The Morgan fingerprint density at radius 1 is 1.12 bits per heavy atom. The van der Waals surface area contributed by atoms with Gasteiger partial charge in [-0.05, 0) is 43.2 Å². The number of piperidine rings is 1. The molecule has 10 nitrogen and oxygen atoms in total. The fraction of sp³-hybridized carbons (Fsp3) is 0.261. The molecule has 1 saturated heterocycles. The van der Waals surface area contributed by atoms with Gasteiger partial charge in [-0.25, -0.2) is 8.42 Å². The Hall–Kier alpha value is -3.88. The van der Waals surface area contributed by atoms with Crippen LogP contribution < -0.4 is 11.1 Å². The Balaban J connectivity index is 1.45. The van der Waals surface area contributed by atoms with Gasteiger partial charge in [-0.3, -0.25) is 19.7 Å². The molecule has 0 bridgehead atoms. The molecule has 1 aliphatic heterocycles. The predicted molar refractivity (Wildman–Crippen MR) is 124 cm³/mol. The van der Waals surface area contributed by atoms with Gasteiger partial charge in [-0.2, -0.15) is 9.57 Å². The Labute approximate surface area is 197 Å². The lowest BCUT2D eigenvalue weighted by Crippen LogP contribution is -2.42. The zero-order chi connectivity index (χ0) is 24.1. The Kier molecular flexibility index (Phi) is 6.81. The molecule has 4 rings (SSSR count). The second-order valence-corrected chi connectivity index (χ2v) is 9.86. The van der Waals surface area contributed by atoms with Crippen LogP contribution in [-0.2, 0) is 16.4 Å². The van der Waals surface area contributed by atoms with Gasteiger partial charge in [0.1, 0.15) is 0 Å². The zero-order valence-corrected chi connectivity index (χ0v) is 19.1. The summed E-state index contributed by atoms with van der Waals surface area (Å²) in [5.74, 6) is -0.595. The molecule has 11 heteroatoms. The van der Waals surface area contributed by atoms with Crippen molar-refractivity contribution in [2.45, 2.75) is 30.2 Å². The molecule has 0 aliphatic carbocycles. The number of sulfonamides is 1. The lowest BCUT2D eigenvalue weighted by molar-refractivity contribution is 0.100. The number of amides is 1. The number of carbonyl (C=O) groups excluding carboxylic acids is 1. The third-order valence-corrected chi connectivity index (χ3v) is 7.55. The lowest BCUT2D eigenvalue weighted by Gasteiger charge is -2.32. The largest absolute Gasteiger partial charge is 0.381 e. The molecule has 1 fully saturated rings. The number of anilines is 1. The molecule has 174 valence electrons. The number of pyridine rings is 1. The molecule has 0 unspecified atom stereocenters. The Morgan fingerprint density at radius 3 is 2.47 bits per heavy atom. The molecule has 1 aliphatic rings. The van der Waals surface area contributed by atoms with Gasteiger partial charge in [-0.1, -0.05) is 0 Å². The molecule has 0 spiro atoms. The summed E-state index contributed by atoms with van der Waals surface area (Å²) in [6.45, 7) is 0.646. The highest BCUT2D eigenvalue weighted by Crippen LogP contribution is 2.25. The molecule has 3 heterocycles. The van der Waals surface area contributed by atoms with Crippen LogP contribution in [0.15, 0.2) is 60.0 Å². The van der Waals surface area contributed by atoms with Gasteiger partial charge in [-0.15, -0.1) is 0 Å². The van der Waals surface area contributed by atoms with E-state index in [1.54, 1.807) is 24.7 Å². The second-order valence-electron chi connectivity index (χ2n) is 7.92. The average molecular weight is 478 g/mol. The number of hydrogen-bond donors (Lipinski definition) is 2. The van der Waals surface area contributed by atoms with Crippen molar-refractivity contribution in [3.8, 4) is 6.07 Å². The summed E-state index contributed by atoms with van der Waals surface area (Å²) in [4.78, 5) is 24.7. The molecular weight excluding hydrogens is 454 g/mol. The summed E-state index contributed by atoms with van der Waals surface area (Å²) >= 11 is 0. The van der Waals surface area contributed by atoms with E-state index in [9.17, 15) is 13.2 Å². The third-order valence-electron chi connectivity index (χ3n) is 5.64. The van der Waals surface area contributed by atoms with Crippen molar-refractivity contribution in [1.82, 2.24) is 19.3 Å². The van der Waals surface area contributed by atoms with Crippen molar-refractivity contribution < 1.29 is 13.2 Å². The first-order chi connectivity index (χ1) is 16.4. The monoisotopic (exact) mass is 477 g/mol. The van der Waals surface area contributed by atoms with E-state index >= 15 is 0 Å². The molecule has 3 aromatic rings. The van der Waals surface area contributed by atoms with Crippen LogP contribution in [0.5, 0.6) is 0 Å². The van der Waals surface area contributed by atoms with Crippen molar-refractivity contribution in [3.63, 3.8) is 0 Å². The highest BCUT2D eigenvalue weighted by atomic mass is 32.2. The minimum Gasteiger partial charge on any atom is -0.381 e. The van der Waals surface area contributed by atoms with Crippen molar-refractivity contribution >= 4 is 21.6 Å². The number of carbonyl (C=O) groups is 1. The van der Waals surface area contributed by atoms with Crippen molar-refractivity contribution in [2.75, 3.05) is 18.4 Å². The van der Waals surface area contributed by atoms with E-state index in [2.05, 4.69) is 20.3 Å². The first kappa shape index (κ1) is 23.3. The van der Waals surface area contributed by atoms with Gasteiger partial charge >= 0.3 is 0 Å². The topological polar surface area (TPSA) is 155 Å². The van der Waals surface area contributed by atoms with Gasteiger partial charge in [0.25, 0.3) is 5.91 Å². The van der Waals surface area contributed by atoms with E-state index in [0.717, 1.165) is 5.69 Å². The third kappa shape index (κ3) is 5.19. The van der Waals surface area contributed by atoms with E-state index in [0.29, 0.717) is 49.3 Å². The highest BCUT2D eigenvalue weighted by molar-refractivity contribution is 7.89. The number of hydrogen-bond acceptors (Lipinski definition) is 8. The minimum absolute atomic E-state index is 0.0442. The summed E-state index contributed by atoms with van der Waals surface area (Å²) in [5, 5.41) is 12.3. The number of nitrogens with zero attached hydrogens (tertiary/aromatic N) is 5. The molecule has 0 radical (unpaired) electrons. The van der Waals surface area contributed by atoms with Crippen molar-refractivity contribution in [2.24, 2.45) is 5.73 Å². The molecule has 2 aromatic heterocycles. The van der Waals surface area contributed by atoms with Crippen LogP contribution in [0.25, 0.3) is 0 Å². The first-order valence-electron chi connectivity index (χ1n) is 10.7. The summed E-state index contributed by atoms with van der Waals surface area (Å²) < 4.78 is 27.3. The Bertz CT molecular complexity index is 1310. The molecule has 0 atom stereocenters. The average Bonchev–Trinajstić information content (AvgIpc) is 2.85. The van der Waals surface area contributed by atoms with Crippen LogP contribution in [0.4, 0.5) is 5.69 Å². The second kappa shape index (κ2) is 9.94. The molecule has 3 N–H and O–H groups in total. The van der Waals surface area contributed by atoms with Crippen molar-refractivity contribution in [1.29, 1.82) is 5.26 Å². The van der Waals surface area contributed by atoms with Crippen LogP contribution in [0, 0.1) is 11.3 Å². The summed E-state index contributed by atoms with van der Waals surface area (Å²) in [6, 6.07) is 9.60. The smallest absolute Gasteiger partial charge is 0.252 e. The number of aromatic nitrogens is 3. The summed E-state index contributed by atoms with van der Waals surface area (Å²) in [7, 11) is -3.65. The fourth-order valence-corrected chi connectivity index (χ4v) is 5.30. The van der Waals surface area contributed by atoms with Crippen LogP contribution in [0.2, 0.25) is 0 Å². The molecule has 34 heavy (non-hydrogen) atoms. The highest BCUT2D eigenvalue weighted by Gasteiger charge is 2.30. The van der Waals surface area contributed by atoms with E-state index < -0.39 is 15.9 Å². The normalized spacial score (nSPS) is 14.9. The predicted octanol–water partition coefficient (Wildman–Crippen LogP) is 1.70. The molecule has 1 amide bonds. The van der Waals surface area contributed by atoms with E-state index in [1.807, 2.05) is 6.07 Å². The number of benzene rings is 1. The standard InChI is InChI=1S/C23H23N7O3S/c24-13-16-1-3-20(4-2-16)34(32,33)30-9-5-17(6-10-30)29-22-12-18(28-15-21(22)23(25)31)11-19-14-26-7-8-27-19/h1-4,7-8,12,14-15,17H,5-6,9-11H2,(H2,25,31)(H,28,29). The lowest BCUT2D eigenvalue weighted by atomic mass is 10.0. The van der Waals surface area contributed by atoms with E-state index in [4.69, 9.17) is 11.0 Å². The SMILES string of the molecule is N#Cc1ccc(S(=O)(=O)N2CCC(Nc3cc(Cc4cnccn4)ncc3C(N)=O)CC2)cc1. The van der Waals surface area contributed by atoms with Gasteiger partial charge < -0.3 is 11.1 Å². The first-order valence-corrected chi connectivity index (χ1v) is 12.1. The van der Waals surface area contributed by atoms with Crippen LogP contribution >= 0.6 is 0 Å². The maximum atomic E-state index is 13.0. The zero-order valence-electron chi connectivity index (χ0n) is 18.3. The Morgan fingerprint density at radius 2 is 1.85 bits per heavy atom. The van der Waals surface area contributed by atoms with Crippen LogP contribution in [0.3, 0.4) is 0 Å². The number of rotatable bonds is 7. The van der Waals surface area contributed by atoms with Gasteiger partial charge in [0.15, 0.2) is 0 Å². The maximum Gasteiger partial charge on any atom is 0.252 e. The number of nitriles is 1. The molecule has 1 aromatic carbocycles. The van der Waals surface area contributed by atoms with Crippen molar-refractivity contribution in [3.05, 3.63) is 77.6 Å². The molecular formula is C23H23N7O3S. The van der Waals surface area contributed by atoms with Gasteiger partial charge in [0.05, 0.1) is 33.5 Å². The number of primary amides is 1. The van der Waals surface area contributed by atoms with Gasteiger partial charge in [0.2, 0.25) is 10.0 Å². The summed E-state index contributed by atoms with van der Waals surface area (Å²) in [5.41, 5.74) is 8.23. The number of nitrogens with one attached hydrogen (secondary N) is 1. The molecule has 0 saturated carbocycles. The van der Waals surface area contributed by atoms with Gasteiger partial charge in [0, 0.05) is 56.0 Å². The minimum atomic E-state index is -3.65. The van der Waals surface area contributed by atoms with Crippen LogP contribution in [0.1, 0.15) is 40.2 Å². The number of nitrogens with two attached hydrogens (primary N) is 1. The quantitative estimate of drug-likeness (QED) is 0.521. The fourth-order valence-electron chi connectivity index (χ4n) is 3.83. The summed E-state index contributed by atoms with van der Waals surface area (Å²) in [6.07, 6.45) is 7.84. The van der Waals surface area contributed by atoms with E-state index in [-0.39, 0.29) is 16.5 Å². The maximum absolute atomic E-state index is 13.0. The van der Waals surface area contributed by atoms with Crippen LogP contribution in [-0.4, -0.2) is 52.7 Å².